The third kappa shape index (κ3) is 5.22. The van der Waals surface area contributed by atoms with E-state index >= 15 is 0 Å². The highest BCUT2D eigenvalue weighted by Crippen LogP contribution is 2.27. The van der Waals surface area contributed by atoms with Gasteiger partial charge in [-0.25, -0.2) is 4.98 Å². The molecule has 0 unspecified atom stereocenters. The first-order valence-electron chi connectivity index (χ1n) is 11.6. The molecule has 2 aromatic heterocycles. The zero-order chi connectivity index (χ0) is 25.3. The summed E-state index contributed by atoms with van der Waals surface area (Å²) in [5.74, 6) is 1.39. The van der Waals surface area contributed by atoms with Crippen molar-refractivity contribution in [1.82, 2.24) is 19.7 Å². The number of halogens is 1. The molecule has 0 radical (unpaired) electrons. The number of fused-ring (bicyclic) bond motifs is 1. The lowest BCUT2D eigenvalue weighted by atomic mass is 9.87. The molecule has 3 aromatic carbocycles. The van der Waals surface area contributed by atoms with Crippen LogP contribution in [-0.4, -0.2) is 19.7 Å². The van der Waals surface area contributed by atoms with E-state index in [0.717, 1.165) is 11.1 Å². The Hall–Kier alpha value is -3.42. The summed E-state index contributed by atoms with van der Waals surface area (Å²) in [5, 5.41) is 5.97. The Kier molecular flexibility index (Phi) is 6.69. The zero-order valence-electron chi connectivity index (χ0n) is 20.2. The van der Waals surface area contributed by atoms with Crippen LogP contribution in [0.25, 0.3) is 22.3 Å². The number of hydrogen-bond donors (Lipinski definition) is 0. The van der Waals surface area contributed by atoms with E-state index in [2.05, 4.69) is 43.0 Å². The summed E-state index contributed by atoms with van der Waals surface area (Å²) >= 11 is 7.43. The fraction of sp³-hybridized carbons (Fsp3) is 0.214. The molecule has 0 N–H and O–H groups in total. The number of aromatic nitrogens is 4. The zero-order valence-corrected chi connectivity index (χ0v) is 21.8. The maximum Gasteiger partial charge on any atom is 0.262 e. The number of thioether (sulfide) groups is 1. The quantitative estimate of drug-likeness (QED) is 0.184. The SMILES string of the molecule is CC(C)(C)c1ccc(-c2noc(CSc3nc4ccccc4c(=O)n3Cc3ccc(Cl)cc3)n2)cc1. The van der Waals surface area contributed by atoms with Crippen molar-refractivity contribution in [3.63, 3.8) is 0 Å². The van der Waals surface area contributed by atoms with Gasteiger partial charge in [-0.3, -0.25) is 9.36 Å². The maximum absolute atomic E-state index is 13.4. The second-order valence-corrected chi connectivity index (χ2v) is 10.9. The highest BCUT2D eigenvalue weighted by atomic mass is 35.5. The standard InChI is InChI=1S/C28H25ClN4O2S/c1-28(2,3)20-12-10-19(11-13-20)25-31-24(35-32-25)17-36-27-30-23-7-5-4-6-22(23)26(34)33(27)16-18-8-14-21(29)15-9-18/h4-15H,16-17H2,1-3H3. The maximum atomic E-state index is 13.4. The minimum atomic E-state index is -0.0943. The molecule has 6 nitrogen and oxygen atoms in total. The summed E-state index contributed by atoms with van der Waals surface area (Å²) in [7, 11) is 0. The molecule has 0 fully saturated rings. The largest absolute Gasteiger partial charge is 0.338 e. The predicted octanol–water partition coefficient (Wildman–Crippen LogP) is 6.74. The topological polar surface area (TPSA) is 73.8 Å². The average molecular weight is 517 g/mol. The van der Waals surface area contributed by atoms with Crippen molar-refractivity contribution in [1.29, 1.82) is 0 Å². The Labute approximate surface area is 218 Å². The second kappa shape index (κ2) is 9.91. The number of hydrogen-bond acceptors (Lipinski definition) is 6. The number of para-hydroxylation sites is 1. The van der Waals surface area contributed by atoms with Crippen LogP contribution in [0.1, 0.15) is 37.8 Å². The lowest BCUT2D eigenvalue weighted by molar-refractivity contribution is 0.391. The van der Waals surface area contributed by atoms with Gasteiger partial charge in [0.25, 0.3) is 5.56 Å². The van der Waals surface area contributed by atoms with E-state index in [4.69, 9.17) is 21.1 Å². The third-order valence-corrected chi connectivity index (χ3v) is 7.10. The fourth-order valence-electron chi connectivity index (χ4n) is 3.85. The Bertz CT molecular complexity index is 1570. The van der Waals surface area contributed by atoms with Crippen LogP contribution < -0.4 is 5.56 Å². The Morgan fingerprint density at radius 2 is 1.67 bits per heavy atom. The Morgan fingerprint density at radius 3 is 2.39 bits per heavy atom. The van der Waals surface area contributed by atoms with Gasteiger partial charge in [0.1, 0.15) is 0 Å². The molecule has 0 aliphatic carbocycles. The van der Waals surface area contributed by atoms with Gasteiger partial charge in [-0.1, -0.05) is 97.8 Å². The number of nitrogens with zero attached hydrogens (tertiary/aromatic N) is 4. The van der Waals surface area contributed by atoms with Gasteiger partial charge in [0.05, 0.1) is 23.2 Å². The van der Waals surface area contributed by atoms with Gasteiger partial charge in [0, 0.05) is 10.6 Å². The van der Waals surface area contributed by atoms with E-state index in [9.17, 15) is 4.79 Å². The first-order chi connectivity index (χ1) is 17.3. The molecule has 0 aliphatic heterocycles. The van der Waals surface area contributed by atoms with Gasteiger partial charge in [-0.15, -0.1) is 0 Å². The smallest absolute Gasteiger partial charge is 0.262 e. The molecule has 2 heterocycles. The molecular formula is C28H25ClN4O2S. The highest BCUT2D eigenvalue weighted by Gasteiger charge is 2.17. The van der Waals surface area contributed by atoms with Gasteiger partial charge in [-0.05, 0) is 40.8 Å². The van der Waals surface area contributed by atoms with Crippen LogP contribution in [0.3, 0.4) is 0 Å². The van der Waals surface area contributed by atoms with Crippen molar-refractivity contribution in [2.45, 2.75) is 43.6 Å². The molecule has 0 saturated carbocycles. The summed E-state index contributed by atoms with van der Waals surface area (Å²) in [6.07, 6.45) is 0. The molecule has 0 amide bonds. The van der Waals surface area contributed by atoms with Crippen LogP contribution in [0.15, 0.2) is 87.3 Å². The van der Waals surface area contributed by atoms with E-state index in [-0.39, 0.29) is 11.0 Å². The van der Waals surface area contributed by atoms with E-state index in [1.807, 2.05) is 54.6 Å². The van der Waals surface area contributed by atoms with Gasteiger partial charge in [-0.2, -0.15) is 4.98 Å². The van der Waals surface area contributed by atoms with Gasteiger partial charge in [0.15, 0.2) is 5.16 Å². The molecule has 0 aliphatic rings. The molecule has 5 aromatic rings. The van der Waals surface area contributed by atoms with E-state index in [1.54, 1.807) is 10.6 Å². The monoisotopic (exact) mass is 516 g/mol. The van der Waals surface area contributed by atoms with Crippen LogP contribution in [0, 0.1) is 0 Å². The van der Waals surface area contributed by atoms with E-state index in [1.165, 1.54) is 17.3 Å². The average Bonchev–Trinajstić information content (AvgIpc) is 3.35. The number of benzene rings is 3. The summed E-state index contributed by atoms with van der Waals surface area (Å²) in [6.45, 7) is 6.92. The lowest BCUT2D eigenvalue weighted by Gasteiger charge is -2.18. The molecule has 5 rings (SSSR count). The highest BCUT2D eigenvalue weighted by molar-refractivity contribution is 7.98. The first-order valence-corrected chi connectivity index (χ1v) is 12.9. The van der Waals surface area contributed by atoms with Crippen LogP contribution >= 0.6 is 23.4 Å². The van der Waals surface area contributed by atoms with Crippen molar-refractivity contribution in [2.24, 2.45) is 0 Å². The molecular weight excluding hydrogens is 492 g/mol. The Balaban J connectivity index is 1.41. The summed E-state index contributed by atoms with van der Waals surface area (Å²) < 4.78 is 7.19. The molecule has 0 atom stereocenters. The second-order valence-electron chi connectivity index (χ2n) is 9.56. The van der Waals surface area contributed by atoms with Crippen LogP contribution in [0.2, 0.25) is 5.02 Å². The van der Waals surface area contributed by atoms with Crippen molar-refractivity contribution in [2.75, 3.05) is 0 Å². The summed E-state index contributed by atoms with van der Waals surface area (Å²) in [5.41, 5.74) is 3.73. The van der Waals surface area contributed by atoms with Crippen molar-refractivity contribution in [3.8, 4) is 11.4 Å². The normalized spacial score (nSPS) is 11.8. The number of rotatable bonds is 6. The summed E-state index contributed by atoms with van der Waals surface area (Å²) in [6, 6.07) is 23.0. The van der Waals surface area contributed by atoms with Crippen LogP contribution in [0.4, 0.5) is 0 Å². The molecule has 0 bridgehead atoms. The molecule has 8 heteroatoms. The van der Waals surface area contributed by atoms with Gasteiger partial charge in [0.2, 0.25) is 11.7 Å². The summed E-state index contributed by atoms with van der Waals surface area (Å²) in [4.78, 5) is 22.7. The van der Waals surface area contributed by atoms with Crippen molar-refractivity contribution < 1.29 is 4.52 Å². The lowest BCUT2D eigenvalue weighted by Crippen LogP contribution is -2.24. The molecule has 0 saturated heterocycles. The molecule has 36 heavy (non-hydrogen) atoms. The molecule has 182 valence electrons. The first kappa shape index (κ1) is 24.3. The molecule has 0 spiro atoms. The Morgan fingerprint density at radius 1 is 0.944 bits per heavy atom. The fourth-order valence-corrected chi connectivity index (χ4v) is 4.81. The van der Waals surface area contributed by atoms with Crippen molar-refractivity contribution >= 4 is 34.3 Å². The van der Waals surface area contributed by atoms with Crippen LogP contribution in [-0.2, 0) is 17.7 Å². The van der Waals surface area contributed by atoms with E-state index < -0.39 is 0 Å². The predicted molar refractivity (Wildman–Crippen MR) is 145 cm³/mol. The van der Waals surface area contributed by atoms with E-state index in [0.29, 0.717) is 45.1 Å². The third-order valence-electron chi connectivity index (χ3n) is 5.88. The van der Waals surface area contributed by atoms with Crippen molar-refractivity contribution in [3.05, 3.63) is 105 Å². The minimum absolute atomic E-state index is 0.0756. The van der Waals surface area contributed by atoms with Gasteiger partial charge >= 0.3 is 0 Å². The minimum Gasteiger partial charge on any atom is -0.338 e. The van der Waals surface area contributed by atoms with Crippen LogP contribution in [0.5, 0.6) is 0 Å². The van der Waals surface area contributed by atoms with Gasteiger partial charge < -0.3 is 4.52 Å².